The summed E-state index contributed by atoms with van der Waals surface area (Å²) in [4.78, 5) is 23.6. The zero-order chi connectivity index (χ0) is 20.7. The van der Waals surface area contributed by atoms with Crippen molar-refractivity contribution in [2.24, 2.45) is 0 Å². The van der Waals surface area contributed by atoms with Crippen molar-refractivity contribution in [1.82, 2.24) is 9.62 Å². The normalized spacial score (nSPS) is 11.3. The monoisotopic (exact) mass is 408 g/mol. The lowest BCUT2D eigenvalue weighted by Crippen LogP contribution is -2.30. The fourth-order valence-electron chi connectivity index (χ4n) is 2.28. The van der Waals surface area contributed by atoms with Crippen LogP contribution in [0.25, 0.3) is 0 Å². The van der Waals surface area contributed by atoms with E-state index in [4.69, 9.17) is 4.74 Å². The lowest BCUT2D eigenvalue weighted by Gasteiger charge is -2.12. The van der Waals surface area contributed by atoms with Crippen LogP contribution in [0.5, 0.6) is 0 Å². The molecule has 0 saturated heterocycles. The first-order valence-electron chi connectivity index (χ1n) is 8.41. The van der Waals surface area contributed by atoms with E-state index in [1.165, 1.54) is 14.1 Å². The van der Waals surface area contributed by atoms with Gasteiger partial charge >= 0.3 is 5.97 Å². The summed E-state index contributed by atoms with van der Waals surface area (Å²) in [6.07, 6.45) is 0.611. The van der Waals surface area contributed by atoms with Crippen LogP contribution in [-0.4, -0.2) is 51.8 Å². The number of carbonyl (C=O) groups excluding carboxylic acids is 2. The highest BCUT2D eigenvalue weighted by molar-refractivity contribution is 7.89. The standard InChI is InChI=1S/C19H21FN2O5S/c1-22(2)28(25,26)15-8-9-17(20)16(12-15)19(24)27-13-18(23)21-11-10-14-6-4-3-5-7-14/h3-9,12H,10-11,13H2,1-2H3,(H,21,23). The first-order valence-corrected chi connectivity index (χ1v) is 9.85. The number of hydrogen-bond acceptors (Lipinski definition) is 5. The highest BCUT2D eigenvalue weighted by Crippen LogP contribution is 2.18. The fraction of sp³-hybridized carbons (Fsp3) is 0.263. The summed E-state index contributed by atoms with van der Waals surface area (Å²) in [6, 6.07) is 12.3. The van der Waals surface area contributed by atoms with E-state index in [0.717, 1.165) is 28.1 Å². The number of nitrogens with zero attached hydrogens (tertiary/aromatic N) is 1. The van der Waals surface area contributed by atoms with Crippen LogP contribution >= 0.6 is 0 Å². The number of hydrogen-bond donors (Lipinski definition) is 1. The molecule has 9 heteroatoms. The van der Waals surface area contributed by atoms with Crippen molar-refractivity contribution in [2.75, 3.05) is 27.2 Å². The molecule has 28 heavy (non-hydrogen) atoms. The van der Waals surface area contributed by atoms with Crippen molar-refractivity contribution < 1.29 is 27.1 Å². The van der Waals surface area contributed by atoms with Gasteiger partial charge in [-0.2, -0.15) is 0 Å². The molecule has 0 fully saturated rings. The Labute approximate surface area is 163 Å². The summed E-state index contributed by atoms with van der Waals surface area (Å²) >= 11 is 0. The highest BCUT2D eigenvalue weighted by atomic mass is 32.2. The van der Waals surface area contributed by atoms with Gasteiger partial charge in [-0.15, -0.1) is 0 Å². The van der Waals surface area contributed by atoms with E-state index in [2.05, 4.69) is 5.32 Å². The molecule has 0 radical (unpaired) electrons. The third-order valence-corrected chi connectivity index (χ3v) is 5.66. The molecule has 0 aliphatic carbocycles. The van der Waals surface area contributed by atoms with E-state index in [9.17, 15) is 22.4 Å². The third kappa shape index (κ3) is 5.61. The number of carbonyl (C=O) groups is 2. The number of halogens is 1. The highest BCUT2D eigenvalue weighted by Gasteiger charge is 2.22. The van der Waals surface area contributed by atoms with Gasteiger partial charge in [-0.1, -0.05) is 30.3 Å². The molecule has 0 aliphatic rings. The molecule has 0 bridgehead atoms. The van der Waals surface area contributed by atoms with E-state index in [0.29, 0.717) is 13.0 Å². The van der Waals surface area contributed by atoms with Gasteiger partial charge in [-0.25, -0.2) is 21.9 Å². The zero-order valence-electron chi connectivity index (χ0n) is 15.5. The number of sulfonamides is 1. The van der Waals surface area contributed by atoms with Gasteiger partial charge in [-0.3, -0.25) is 4.79 Å². The molecular weight excluding hydrogens is 387 g/mol. The first-order chi connectivity index (χ1) is 13.2. The molecule has 7 nitrogen and oxygen atoms in total. The second-order valence-electron chi connectivity index (χ2n) is 6.09. The van der Waals surface area contributed by atoms with Crippen molar-refractivity contribution in [1.29, 1.82) is 0 Å². The third-order valence-electron chi connectivity index (χ3n) is 3.85. The summed E-state index contributed by atoms with van der Waals surface area (Å²) in [6.45, 7) is -0.247. The van der Waals surface area contributed by atoms with Crippen LogP contribution < -0.4 is 5.32 Å². The minimum absolute atomic E-state index is 0.252. The minimum Gasteiger partial charge on any atom is -0.452 e. The van der Waals surface area contributed by atoms with Gasteiger partial charge < -0.3 is 10.1 Å². The minimum atomic E-state index is -3.84. The molecule has 0 saturated carbocycles. The summed E-state index contributed by atoms with van der Waals surface area (Å²) in [5, 5.41) is 2.59. The van der Waals surface area contributed by atoms with Gasteiger partial charge in [0, 0.05) is 20.6 Å². The first kappa shape index (κ1) is 21.5. The molecule has 0 spiro atoms. The second-order valence-corrected chi connectivity index (χ2v) is 8.24. The predicted octanol–water partition coefficient (Wildman–Crippen LogP) is 1.59. The van der Waals surface area contributed by atoms with Crippen molar-refractivity contribution in [3.63, 3.8) is 0 Å². The summed E-state index contributed by atoms with van der Waals surface area (Å²) in [5.41, 5.74) is 0.487. The van der Waals surface area contributed by atoms with Gasteiger partial charge in [0.15, 0.2) is 6.61 Å². The van der Waals surface area contributed by atoms with Crippen LogP contribution in [-0.2, 0) is 26.0 Å². The molecule has 2 rings (SSSR count). The molecule has 2 aromatic carbocycles. The maximum atomic E-state index is 13.9. The van der Waals surface area contributed by atoms with Gasteiger partial charge in [0.05, 0.1) is 10.5 Å². The molecule has 0 atom stereocenters. The second kappa shape index (κ2) is 9.43. The topological polar surface area (TPSA) is 92.8 Å². The smallest absolute Gasteiger partial charge is 0.341 e. The maximum absolute atomic E-state index is 13.9. The van der Waals surface area contributed by atoms with Crippen LogP contribution in [0.15, 0.2) is 53.4 Å². The largest absolute Gasteiger partial charge is 0.452 e. The van der Waals surface area contributed by atoms with Gasteiger partial charge in [0.2, 0.25) is 10.0 Å². The van der Waals surface area contributed by atoms with Crippen molar-refractivity contribution in [2.45, 2.75) is 11.3 Å². The Kier molecular flexibility index (Phi) is 7.24. The Balaban J connectivity index is 1.92. The van der Waals surface area contributed by atoms with E-state index in [-0.39, 0.29) is 4.90 Å². The lowest BCUT2D eigenvalue weighted by atomic mass is 10.1. The Morgan fingerprint density at radius 1 is 1.11 bits per heavy atom. The molecule has 0 aliphatic heterocycles. The Bertz CT molecular complexity index is 946. The SMILES string of the molecule is CN(C)S(=O)(=O)c1ccc(F)c(C(=O)OCC(=O)NCCc2ccccc2)c1. The molecule has 150 valence electrons. The summed E-state index contributed by atoms with van der Waals surface area (Å²) in [7, 11) is -1.21. The summed E-state index contributed by atoms with van der Waals surface area (Å²) < 4.78 is 43.9. The molecule has 0 unspecified atom stereocenters. The van der Waals surface area contributed by atoms with Crippen molar-refractivity contribution >= 4 is 21.9 Å². The van der Waals surface area contributed by atoms with E-state index >= 15 is 0 Å². The molecule has 2 aromatic rings. The maximum Gasteiger partial charge on any atom is 0.341 e. The lowest BCUT2D eigenvalue weighted by molar-refractivity contribution is -0.124. The number of ether oxygens (including phenoxy) is 1. The van der Waals surface area contributed by atoms with Gasteiger partial charge in [0.1, 0.15) is 5.82 Å². The van der Waals surface area contributed by atoms with Crippen LogP contribution in [0.4, 0.5) is 4.39 Å². The number of nitrogens with one attached hydrogen (secondary N) is 1. The Morgan fingerprint density at radius 2 is 1.79 bits per heavy atom. The van der Waals surface area contributed by atoms with Crippen molar-refractivity contribution in [3.8, 4) is 0 Å². The predicted molar refractivity (Wildman–Crippen MR) is 101 cm³/mol. The Hall–Kier alpha value is -2.78. The molecule has 1 N–H and O–H groups in total. The number of rotatable bonds is 8. The molecular formula is C19H21FN2O5S. The molecule has 0 aromatic heterocycles. The average molecular weight is 408 g/mol. The average Bonchev–Trinajstić information content (AvgIpc) is 2.67. The van der Waals surface area contributed by atoms with Crippen LogP contribution in [0.1, 0.15) is 15.9 Å². The quantitative estimate of drug-likeness (QED) is 0.670. The summed E-state index contributed by atoms with van der Waals surface area (Å²) in [5.74, 6) is -2.60. The van der Waals surface area contributed by atoms with Crippen LogP contribution in [0.2, 0.25) is 0 Å². The number of esters is 1. The van der Waals surface area contributed by atoms with Crippen LogP contribution in [0, 0.1) is 5.82 Å². The number of amides is 1. The van der Waals surface area contributed by atoms with Crippen LogP contribution in [0.3, 0.4) is 0 Å². The van der Waals surface area contributed by atoms with Crippen molar-refractivity contribution in [3.05, 3.63) is 65.5 Å². The zero-order valence-corrected chi connectivity index (χ0v) is 16.3. The Morgan fingerprint density at radius 3 is 2.43 bits per heavy atom. The van der Waals surface area contributed by atoms with Gasteiger partial charge in [0.25, 0.3) is 5.91 Å². The van der Waals surface area contributed by atoms with E-state index in [1.807, 2.05) is 30.3 Å². The van der Waals surface area contributed by atoms with E-state index < -0.39 is 39.9 Å². The van der Waals surface area contributed by atoms with Gasteiger partial charge in [-0.05, 0) is 30.2 Å². The fourth-order valence-corrected chi connectivity index (χ4v) is 3.21. The molecule has 0 heterocycles. The molecule has 1 amide bonds. The number of benzene rings is 2. The van der Waals surface area contributed by atoms with E-state index in [1.54, 1.807) is 0 Å².